The van der Waals surface area contributed by atoms with E-state index in [-0.39, 0.29) is 17.1 Å². The van der Waals surface area contributed by atoms with Crippen LogP contribution < -0.4 is 10.3 Å². The molecule has 1 aliphatic rings. The van der Waals surface area contributed by atoms with Gasteiger partial charge in [0, 0.05) is 16.6 Å². The number of benzene rings is 2. The summed E-state index contributed by atoms with van der Waals surface area (Å²) in [5.74, 6) is -0.305. The summed E-state index contributed by atoms with van der Waals surface area (Å²) in [7, 11) is 0. The number of hydrogen-bond acceptors (Lipinski definition) is 5. The van der Waals surface area contributed by atoms with Crippen molar-refractivity contribution in [2.24, 2.45) is 0 Å². The first-order valence-electron chi connectivity index (χ1n) is 8.60. The smallest absolute Gasteiger partial charge is 0.297 e. The number of aromatic nitrogens is 1. The summed E-state index contributed by atoms with van der Waals surface area (Å²) in [6.45, 7) is 1.91. The number of rotatable bonds is 2. The minimum atomic E-state index is -0.618. The minimum absolute atomic E-state index is 0.0662. The number of nitrogens with zero attached hydrogens (tertiary/aromatic N) is 2. The molecule has 0 unspecified atom stereocenters. The second-order valence-electron chi connectivity index (χ2n) is 6.62. The van der Waals surface area contributed by atoms with E-state index in [1.54, 1.807) is 35.8 Å². The summed E-state index contributed by atoms with van der Waals surface area (Å²) < 4.78 is 5.92. The lowest BCUT2D eigenvalue weighted by Crippen LogP contribution is -2.29. The van der Waals surface area contributed by atoms with Crippen molar-refractivity contribution in [1.29, 1.82) is 0 Å². The van der Waals surface area contributed by atoms with Crippen molar-refractivity contribution in [3.8, 4) is 0 Å². The predicted octanol–water partition coefficient (Wildman–Crippen LogP) is 4.96. The average Bonchev–Trinajstić information content (AvgIpc) is 3.30. The zero-order valence-electron chi connectivity index (χ0n) is 14.7. The summed E-state index contributed by atoms with van der Waals surface area (Å²) in [4.78, 5) is 32.5. The fourth-order valence-corrected chi connectivity index (χ4v) is 4.37. The van der Waals surface area contributed by atoms with Gasteiger partial charge in [0.05, 0.1) is 17.0 Å². The van der Waals surface area contributed by atoms with Crippen molar-refractivity contribution in [3.63, 3.8) is 0 Å². The molecule has 0 aliphatic carbocycles. The van der Waals surface area contributed by atoms with E-state index >= 15 is 0 Å². The van der Waals surface area contributed by atoms with Crippen LogP contribution in [0.5, 0.6) is 0 Å². The lowest BCUT2D eigenvalue weighted by atomic mass is 9.98. The van der Waals surface area contributed by atoms with E-state index in [1.165, 1.54) is 16.2 Å². The van der Waals surface area contributed by atoms with Crippen molar-refractivity contribution in [1.82, 2.24) is 4.98 Å². The minimum Gasteiger partial charge on any atom is -0.450 e. The summed E-state index contributed by atoms with van der Waals surface area (Å²) in [5.41, 5.74) is 2.25. The van der Waals surface area contributed by atoms with Gasteiger partial charge in [0.1, 0.15) is 5.58 Å². The molecular formula is C21H13ClN2O3S. The lowest BCUT2D eigenvalue weighted by Gasteiger charge is -2.22. The second kappa shape index (κ2) is 6.29. The van der Waals surface area contributed by atoms with Crippen molar-refractivity contribution in [3.05, 3.63) is 91.7 Å². The van der Waals surface area contributed by atoms with Crippen LogP contribution in [0.1, 0.15) is 33.3 Å². The van der Waals surface area contributed by atoms with Crippen LogP contribution in [0.2, 0.25) is 5.02 Å². The predicted molar refractivity (Wildman–Crippen MR) is 109 cm³/mol. The van der Waals surface area contributed by atoms with Gasteiger partial charge in [-0.1, -0.05) is 35.4 Å². The second-order valence-corrected chi connectivity index (χ2v) is 7.93. The highest BCUT2D eigenvalue weighted by molar-refractivity contribution is 7.13. The molecule has 3 heterocycles. The number of thiazole rings is 1. The zero-order valence-corrected chi connectivity index (χ0v) is 16.3. The number of fused-ring (bicyclic) bond motifs is 2. The molecule has 28 heavy (non-hydrogen) atoms. The third-order valence-corrected chi connectivity index (χ3v) is 5.86. The van der Waals surface area contributed by atoms with Gasteiger partial charge in [-0.3, -0.25) is 14.5 Å². The highest BCUT2D eigenvalue weighted by Crippen LogP contribution is 2.41. The maximum atomic E-state index is 13.4. The average molecular weight is 409 g/mol. The fourth-order valence-electron chi connectivity index (χ4n) is 3.58. The number of anilines is 1. The van der Waals surface area contributed by atoms with E-state index in [1.807, 2.05) is 25.1 Å². The van der Waals surface area contributed by atoms with Crippen LogP contribution in [-0.2, 0) is 0 Å². The molecule has 1 atom stereocenters. The summed E-state index contributed by atoms with van der Waals surface area (Å²) in [5, 5.41) is 3.34. The summed E-state index contributed by atoms with van der Waals surface area (Å²) >= 11 is 7.37. The molecule has 0 fully saturated rings. The van der Waals surface area contributed by atoms with E-state index in [9.17, 15) is 9.59 Å². The Balaban J connectivity index is 1.83. The lowest BCUT2D eigenvalue weighted by molar-refractivity contribution is 0.0971. The van der Waals surface area contributed by atoms with Gasteiger partial charge in [0.2, 0.25) is 5.76 Å². The molecule has 4 aromatic rings. The largest absolute Gasteiger partial charge is 0.450 e. The summed E-state index contributed by atoms with van der Waals surface area (Å²) in [6.07, 6.45) is 1.63. The van der Waals surface area contributed by atoms with Gasteiger partial charge < -0.3 is 4.42 Å². The number of amides is 1. The maximum absolute atomic E-state index is 13.4. The van der Waals surface area contributed by atoms with Gasteiger partial charge in [0.15, 0.2) is 10.6 Å². The van der Waals surface area contributed by atoms with Gasteiger partial charge in [-0.05, 0) is 36.8 Å². The Labute approximate surface area is 168 Å². The van der Waals surface area contributed by atoms with Gasteiger partial charge >= 0.3 is 0 Å². The van der Waals surface area contributed by atoms with Gasteiger partial charge in [-0.15, -0.1) is 11.3 Å². The molecule has 138 valence electrons. The van der Waals surface area contributed by atoms with Crippen molar-refractivity contribution in [2.75, 3.05) is 4.90 Å². The molecule has 2 aromatic carbocycles. The molecular weight excluding hydrogens is 396 g/mol. The molecule has 0 N–H and O–H groups in total. The maximum Gasteiger partial charge on any atom is 0.297 e. The fraction of sp³-hybridized carbons (Fsp3) is 0.0952. The molecule has 0 spiro atoms. The topological polar surface area (TPSA) is 63.4 Å². The number of aryl methyl sites for hydroxylation is 1. The molecule has 0 bridgehead atoms. The number of halogens is 1. The Morgan fingerprint density at radius 3 is 2.64 bits per heavy atom. The highest BCUT2D eigenvalue weighted by Gasteiger charge is 2.44. The normalized spacial score (nSPS) is 16.0. The van der Waals surface area contributed by atoms with E-state index in [0.29, 0.717) is 26.7 Å². The Bertz CT molecular complexity index is 1280. The Hall–Kier alpha value is -2.96. The van der Waals surface area contributed by atoms with Crippen LogP contribution in [-0.4, -0.2) is 10.9 Å². The van der Waals surface area contributed by atoms with Crippen LogP contribution in [0.4, 0.5) is 5.13 Å². The third-order valence-electron chi connectivity index (χ3n) is 4.84. The first-order chi connectivity index (χ1) is 13.5. The van der Waals surface area contributed by atoms with Crippen LogP contribution in [0.15, 0.2) is 63.3 Å². The quantitative estimate of drug-likeness (QED) is 0.470. The molecule has 2 aromatic heterocycles. The number of hydrogen-bond donors (Lipinski definition) is 0. The number of carbonyl (C=O) groups excluding carboxylic acids is 1. The molecule has 1 amide bonds. The molecule has 1 aliphatic heterocycles. The third kappa shape index (κ3) is 2.49. The summed E-state index contributed by atoms with van der Waals surface area (Å²) in [6, 6.07) is 11.9. The van der Waals surface area contributed by atoms with Gasteiger partial charge in [0.25, 0.3) is 5.91 Å². The molecule has 0 saturated heterocycles. The van der Waals surface area contributed by atoms with Crippen molar-refractivity contribution in [2.45, 2.75) is 13.0 Å². The number of carbonyl (C=O) groups is 1. The van der Waals surface area contributed by atoms with Crippen molar-refractivity contribution < 1.29 is 9.21 Å². The van der Waals surface area contributed by atoms with Gasteiger partial charge in [-0.2, -0.15) is 0 Å². The molecule has 5 nitrogen and oxygen atoms in total. The van der Waals surface area contributed by atoms with E-state index in [0.717, 1.165) is 11.1 Å². The van der Waals surface area contributed by atoms with Crippen LogP contribution in [0.25, 0.3) is 11.0 Å². The van der Waals surface area contributed by atoms with E-state index in [4.69, 9.17) is 16.0 Å². The molecule has 5 rings (SSSR count). The Morgan fingerprint density at radius 1 is 1.14 bits per heavy atom. The van der Waals surface area contributed by atoms with Crippen LogP contribution >= 0.6 is 22.9 Å². The van der Waals surface area contributed by atoms with Crippen LogP contribution in [0, 0.1) is 6.92 Å². The SMILES string of the molecule is Cc1ccc2oc3c(c(=O)c2c1)[C@@H](c1ccc(Cl)cc1)N(c1nccs1)C3=O. The van der Waals surface area contributed by atoms with Crippen LogP contribution in [0.3, 0.4) is 0 Å². The highest BCUT2D eigenvalue weighted by atomic mass is 35.5. The van der Waals surface area contributed by atoms with E-state index < -0.39 is 6.04 Å². The standard InChI is InChI=1S/C21H13ClN2O3S/c1-11-2-7-15-14(10-11)18(25)16-17(12-3-5-13(22)6-4-12)24(20(26)19(16)27-15)21-23-8-9-28-21/h2-10,17H,1H3/t17-/m1/s1. The van der Waals surface area contributed by atoms with E-state index in [2.05, 4.69) is 4.98 Å². The molecule has 0 saturated carbocycles. The first kappa shape index (κ1) is 17.2. The Kier molecular flexibility index (Phi) is 3.86. The Morgan fingerprint density at radius 2 is 1.93 bits per heavy atom. The zero-order chi connectivity index (χ0) is 19.4. The van der Waals surface area contributed by atoms with Crippen molar-refractivity contribution >= 4 is 44.9 Å². The molecule has 0 radical (unpaired) electrons. The monoisotopic (exact) mass is 408 g/mol. The van der Waals surface area contributed by atoms with Gasteiger partial charge in [-0.25, -0.2) is 4.98 Å². The first-order valence-corrected chi connectivity index (χ1v) is 9.86. The molecule has 7 heteroatoms.